The lowest BCUT2D eigenvalue weighted by Crippen LogP contribution is -2.42. The van der Waals surface area contributed by atoms with Crippen molar-refractivity contribution in [1.29, 1.82) is 0 Å². The van der Waals surface area contributed by atoms with Gasteiger partial charge in [-0.1, -0.05) is 6.07 Å². The highest BCUT2D eigenvalue weighted by molar-refractivity contribution is 14.0. The molecule has 0 spiro atoms. The Morgan fingerprint density at radius 1 is 1.35 bits per heavy atom. The van der Waals surface area contributed by atoms with E-state index in [2.05, 4.69) is 15.6 Å². The Labute approximate surface area is 201 Å². The van der Waals surface area contributed by atoms with Gasteiger partial charge in [-0.15, -0.1) is 24.0 Å². The fourth-order valence-corrected chi connectivity index (χ4v) is 3.14. The van der Waals surface area contributed by atoms with E-state index in [9.17, 15) is 9.18 Å². The summed E-state index contributed by atoms with van der Waals surface area (Å²) in [4.78, 5) is 17.8. The number of halogens is 2. The predicted octanol–water partition coefficient (Wildman–Crippen LogP) is 3.10. The van der Waals surface area contributed by atoms with Crippen molar-refractivity contribution in [2.24, 2.45) is 10.9 Å². The maximum atomic E-state index is 14.4. The molecule has 1 aromatic carbocycles. The maximum Gasteiger partial charge on any atom is 0.243 e. The van der Waals surface area contributed by atoms with Gasteiger partial charge in [0.2, 0.25) is 5.91 Å². The summed E-state index contributed by atoms with van der Waals surface area (Å²) in [5, 5.41) is 6.51. The lowest BCUT2D eigenvalue weighted by atomic mass is 10.1. The van der Waals surface area contributed by atoms with E-state index >= 15 is 0 Å². The molecule has 0 radical (unpaired) electrons. The second-order valence-electron chi connectivity index (χ2n) is 8.28. The van der Waals surface area contributed by atoms with Crippen molar-refractivity contribution in [1.82, 2.24) is 15.5 Å². The SMILES string of the molecule is CC(NC(=NCC(=O)N(C)C)NCC1CCCO1)c1ccc(OCC2CC2)c(F)c1.I. The number of benzene rings is 1. The van der Waals surface area contributed by atoms with Crippen LogP contribution in [-0.4, -0.2) is 63.3 Å². The number of likely N-dealkylation sites (N-methyl/N-ethyl adjacent to an activating group) is 1. The average Bonchev–Trinajstić information content (AvgIpc) is 3.41. The van der Waals surface area contributed by atoms with E-state index in [0.29, 0.717) is 30.8 Å². The number of aliphatic imine (C=N–C) groups is 1. The molecule has 2 unspecified atom stereocenters. The molecule has 3 rings (SSSR count). The molecule has 1 saturated carbocycles. The number of amides is 1. The molecule has 7 nitrogen and oxygen atoms in total. The third-order valence-corrected chi connectivity index (χ3v) is 5.37. The van der Waals surface area contributed by atoms with E-state index in [-0.39, 0.29) is 54.4 Å². The Morgan fingerprint density at radius 3 is 2.74 bits per heavy atom. The Hall–Kier alpha value is -1.62. The average molecular weight is 548 g/mol. The Morgan fingerprint density at radius 2 is 2.13 bits per heavy atom. The highest BCUT2D eigenvalue weighted by Gasteiger charge is 2.23. The first-order valence-electron chi connectivity index (χ1n) is 10.7. The first-order valence-corrected chi connectivity index (χ1v) is 10.7. The molecule has 1 aromatic rings. The molecule has 0 bridgehead atoms. The molecule has 0 aromatic heterocycles. The molecule has 1 heterocycles. The molecule has 1 amide bonds. The summed E-state index contributed by atoms with van der Waals surface area (Å²) in [6.07, 6.45) is 4.52. The minimum absolute atomic E-state index is 0. The van der Waals surface area contributed by atoms with Crippen LogP contribution in [0.15, 0.2) is 23.2 Å². The molecule has 2 N–H and O–H groups in total. The van der Waals surface area contributed by atoms with Crippen molar-refractivity contribution >= 4 is 35.8 Å². The Balaban J connectivity index is 0.00000341. The van der Waals surface area contributed by atoms with Crippen molar-refractivity contribution in [3.63, 3.8) is 0 Å². The van der Waals surface area contributed by atoms with Crippen molar-refractivity contribution in [2.75, 3.05) is 40.4 Å². The smallest absolute Gasteiger partial charge is 0.243 e. The van der Waals surface area contributed by atoms with Crippen molar-refractivity contribution < 1.29 is 18.7 Å². The molecular weight excluding hydrogens is 514 g/mol. The molecule has 31 heavy (non-hydrogen) atoms. The van der Waals surface area contributed by atoms with Gasteiger partial charge in [0.05, 0.1) is 18.8 Å². The van der Waals surface area contributed by atoms with E-state index in [1.807, 2.05) is 13.0 Å². The van der Waals surface area contributed by atoms with Gasteiger partial charge in [-0.2, -0.15) is 0 Å². The monoisotopic (exact) mass is 548 g/mol. The van der Waals surface area contributed by atoms with E-state index in [1.54, 1.807) is 20.2 Å². The van der Waals surface area contributed by atoms with Gasteiger partial charge in [0.1, 0.15) is 6.54 Å². The topological polar surface area (TPSA) is 75.2 Å². The van der Waals surface area contributed by atoms with Gasteiger partial charge in [-0.3, -0.25) is 4.79 Å². The number of hydrogen-bond donors (Lipinski definition) is 2. The molecule has 2 fully saturated rings. The Kier molecular flexibility index (Phi) is 10.3. The molecule has 2 aliphatic rings. The van der Waals surface area contributed by atoms with Crippen LogP contribution in [0.4, 0.5) is 4.39 Å². The third kappa shape index (κ3) is 8.44. The number of rotatable bonds is 9. The van der Waals surface area contributed by atoms with Gasteiger partial charge in [-0.05, 0) is 56.2 Å². The van der Waals surface area contributed by atoms with Crippen LogP contribution in [0.2, 0.25) is 0 Å². The fourth-order valence-electron chi connectivity index (χ4n) is 3.14. The predicted molar refractivity (Wildman–Crippen MR) is 130 cm³/mol. The number of hydrogen-bond acceptors (Lipinski definition) is 4. The standard InChI is InChI=1S/C22H33FN4O3.HI/c1-15(17-8-9-20(19(23)11-17)30-14-16-6-7-16)26-22(25-13-21(28)27(2)3)24-12-18-5-4-10-29-18;/h8-9,11,15-16,18H,4-7,10,12-14H2,1-3H3,(H2,24,25,26);1H. The van der Waals surface area contributed by atoms with Gasteiger partial charge in [0, 0.05) is 27.2 Å². The summed E-state index contributed by atoms with van der Waals surface area (Å²) >= 11 is 0. The summed E-state index contributed by atoms with van der Waals surface area (Å²) in [6.45, 7) is 3.92. The minimum atomic E-state index is -0.365. The van der Waals surface area contributed by atoms with Crippen LogP contribution < -0.4 is 15.4 Å². The number of guanidine groups is 1. The number of carbonyl (C=O) groups is 1. The maximum absolute atomic E-state index is 14.4. The van der Waals surface area contributed by atoms with E-state index in [4.69, 9.17) is 9.47 Å². The van der Waals surface area contributed by atoms with E-state index in [1.165, 1.54) is 11.0 Å². The minimum Gasteiger partial charge on any atom is -0.490 e. The number of nitrogens with one attached hydrogen (secondary N) is 2. The van der Waals surface area contributed by atoms with Crippen LogP contribution in [0.1, 0.15) is 44.2 Å². The van der Waals surface area contributed by atoms with Crippen LogP contribution in [-0.2, 0) is 9.53 Å². The van der Waals surface area contributed by atoms with Crippen LogP contribution in [0.3, 0.4) is 0 Å². The lowest BCUT2D eigenvalue weighted by molar-refractivity contribution is -0.127. The van der Waals surface area contributed by atoms with Gasteiger partial charge >= 0.3 is 0 Å². The molecule has 1 aliphatic carbocycles. The highest BCUT2D eigenvalue weighted by Crippen LogP contribution is 2.30. The molecular formula is C22H34FIN4O3. The lowest BCUT2D eigenvalue weighted by Gasteiger charge is -2.21. The highest BCUT2D eigenvalue weighted by atomic mass is 127. The van der Waals surface area contributed by atoms with Crippen LogP contribution in [0, 0.1) is 11.7 Å². The molecule has 1 saturated heterocycles. The number of nitrogens with zero attached hydrogens (tertiary/aromatic N) is 2. The summed E-state index contributed by atoms with van der Waals surface area (Å²) in [7, 11) is 3.39. The summed E-state index contributed by atoms with van der Waals surface area (Å²) < 4.78 is 25.7. The summed E-state index contributed by atoms with van der Waals surface area (Å²) in [6, 6.07) is 4.81. The molecule has 9 heteroatoms. The van der Waals surface area contributed by atoms with Crippen molar-refractivity contribution in [3.8, 4) is 5.75 Å². The summed E-state index contributed by atoms with van der Waals surface area (Å²) in [5.74, 6) is 0.908. The normalized spacial score (nSPS) is 19.4. The second-order valence-corrected chi connectivity index (χ2v) is 8.28. The van der Waals surface area contributed by atoms with E-state index < -0.39 is 0 Å². The van der Waals surface area contributed by atoms with Gasteiger partial charge in [-0.25, -0.2) is 9.38 Å². The third-order valence-electron chi connectivity index (χ3n) is 5.37. The second kappa shape index (κ2) is 12.4. The van der Waals surface area contributed by atoms with Gasteiger partial charge in [0.15, 0.2) is 17.5 Å². The number of carbonyl (C=O) groups excluding carboxylic acids is 1. The van der Waals surface area contributed by atoms with Crippen LogP contribution in [0.25, 0.3) is 0 Å². The fraction of sp³-hybridized carbons (Fsp3) is 0.636. The summed E-state index contributed by atoms with van der Waals surface area (Å²) in [5.41, 5.74) is 0.775. The molecule has 174 valence electrons. The zero-order valence-electron chi connectivity index (χ0n) is 18.5. The molecule has 1 aliphatic heterocycles. The number of ether oxygens (including phenoxy) is 2. The first kappa shape index (κ1) is 25.6. The largest absolute Gasteiger partial charge is 0.490 e. The Bertz CT molecular complexity index is 752. The molecule has 2 atom stereocenters. The van der Waals surface area contributed by atoms with E-state index in [0.717, 1.165) is 37.9 Å². The zero-order valence-corrected chi connectivity index (χ0v) is 20.9. The first-order chi connectivity index (χ1) is 14.4. The van der Waals surface area contributed by atoms with Gasteiger partial charge in [0.25, 0.3) is 0 Å². The van der Waals surface area contributed by atoms with Gasteiger partial charge < -0.3 is 25.0 Å². The zero-order chi connectivity index (χ0) is 21.5. The quantitative estimate of drug-likeness (QED) is 0.282. The van der Waals surface area contributed by atoms with Crippen LogP contribution in [0.5, 0.6) is 5.75 Å². The van der Waals surface area contributed by atoms with Crippen molar-refractivity contribution in [2.45, 2.75) is 44.8 Å². The van der Waals surface area contributed by atoms with Crippen molar-refractivity contribution in [3.05, 3.63) is 29.6 Å². The van der Waals surface area contributed by atoms with Crippen LogP contribution >= 0.6 is 24.0 Å².